The van der Waals surface area contributed by atoms with E-state index >= 15 is 0 Å². The van der Waals surface area contributed by atoms with Gasteiger partial charge in [-0.25, -0.2) is 0 Å². The van der Waals surface area contributed by atoms with E-state index in [2.05, 4.69) is 50.3 Å². The highest BCUT2D eigenvalue weighted by molar-refractivity contribution is 7.49. The topological polar surface area (TPSA) is 0 Å². The molecule has 0 saturated heterocycles. The molecule has 0 atom stereocenters. The van der Waals surface area contributed by atoms with Crippen molar-refractivity contribution in [1.29, 1.82) is 0 Å². The maximum atomic E-state index is 2.43. The predicted octanol–water partition coefficient (Wildman–Crippen LogP) is 12.9. The molecule has 0 fully saturated rings. The summed E-state index contributed by atoms with van der Waals surface area (Å²) in [7, 11) is 0. The van der Waals surface area contributed by atoms with E-state index in [4.69, 9.17) is 0 Å². The van der Waals surface area contributed by atoms with Crippen LogP contribution in [0.25, 0.3) is 40.4 Å². The number of fused-ring (bicyclic) bond motifs is 5. The molecule has 0 saturated carbocycles. The summed E-state index contributed by atoms with van der Waals surface area (Å²) >= 11 is 7.96. The number of rotatable bonds is 16. The Morgan fingerprint density at radius 1 is 0.529 bits per heavy atom. The smallest absolute Gasteiger partial charge is 0.0892 e. The van der Waals surface area contributed by atoms with Gasteiger partial charge in [0.05, 0.1) is 17.4 Å². The van der Waals surface area contributed by atoms with Crippen LogP contribution in [-0.2, 0) is 0 Å². The van der Waals surface area contributed by atoms with E-state index in [1.165, 1.54) is 128 Å². The average molecular weight is 529 g/mol. The van der Waals surface area contributed by atoms with Gasteiger partial charge < -0.3 is 0 Å². The van der Waals surface area contributed by atoms with E-state index in [1.54, 1.807) is 0 Å². The first-order valence-corrected chi connectivity index (χ1v) is 16.8. The van der Waals surface area contributed by atoms with E-state index in [0.717, 1.165) is 0 Å². The Balaban J connectivity index is 1.31. The fourth-order valence-corrected chi connectivity index (χ4v) is 9.97. The van der Waals surface area contributed by atoms with Crippen LogP contribution >= 0.6 is 45.3 Å². The predicted molar refractivity (Wildman–Crippen MR) is 165 cm³/mol. The second-order valence-corrected chi connectivity index (χ2v) is 14.2. The molecule has 0 amide bonds. The van der Waals surface area contributed by atoms with Crippen molar-refractivity contribution in [2.75, 3.05) is 0 Å². The molecule has 4 heterocycles. The zero-order valence-corrected chi connectivity index (χ0v) is 24.3. The molecule has 0 radical (unpaired) electrons. The van der Waals surface area contributed by atoms with Crippen LogP contribution in [0.4, 0.5) is 0 Å². The Hall–Kier alpha value is -0.940. The largest absolute Gasteiger partial charge is 0.125 e. The molecular weight excluding hydrogens is 489 g/mol. The summed E-state index contributed by atoms with van der Waals surface area (Å²) in [4.78, 5) is 2.84. The minimum atomic E-state index is 1.22. The van der Waals surface area contributed by atoms with Crippen molar-refractivity contribution in [2.24, 2.45) is 0 Å². The van der Waals surface area contributed by atoms with Gasteiger partial charge >= 0.3 is 0 Å². The maximum Gasteiger partial charge on any atom is 0.0892 e. The summed E-state index contributed by atoms with van der Waals surface area (Å²) in [5, 5.41) is 2.97. The van der Waals surface area contributed by atoms with Crippen molar-refractivity contribution in [3.63, 3.8) is 0 Å². The van der Waals surface area contributed by atoms with Crippen LogP contribution in [0.1, 0.15) is 113 Å². The molecule has 34 heavy (non-hydrogen) atoms. The molecule has 4 aromatic rings. The summed E-state index contributed by atoms with van der Waals surface area (Å²) in [5.74, 6) is 0. The Kier molecular flexibility index (Phi) is 10.7. The normalized spacial score (nSPS) is 12.6. The van der Waals surface area contributed by atoms with Gasteiger partial charge in [0.1, 0.15) is 0 Å². The quantitative estimate of drug-likeness (QED) is 0.127. The third-order valence-electron chi connectivity index (χ3n) is 6.53. The van der Waals surface area contributed by atoms with Crippen molar-refractivity contribution in [2.45, 2.75) is 104 Å². The molecule has 0 nitrogen and oxygen atoms in total. The van der Waals surface area contributed by atoms with Crippen LogP contribution in [0.3, 0.4) is 0 Å². The molecular formula is C30H40S4. The number of allylic oxidation sites excluding steroid dienone is 2. The highest BCUT2D eigenvalue weighted by Crippen LogP contribution is 2.49. The number of thiophene rings is 4. The molecule has 0 spiro atoms. The second-order valence-electron chi connectivity index (χ2n) is 9.48. The SMILES string of the molecule is CCCCCCCC/C=C/c1cc2c(s1)sc1c3cc(/C=C/CCCCCCCC)sc3sc21. The van der Waals surface area contributed by atoms with E-state index in [1.807, 2.05) is 45.3 Å². The monoisotopic (exact) mass is 528 g/mol. The summed E-state index contributed by atoms with van der Waals surface area (Å²) < 4.78 is 6.01. The highest BCUT2D eigenvalue weighted by Gasteiger charge is 2.16. The standard InChI is InChI=1S/C30H40S4/c1-3-5-7-9-11-13-15-17-19-23-21-25-27-28(33-29(25)31-23)26-22-24(32-30(26)34-27)20-18-16-14-12-10-8-6-4-2/h17-22H,3-16H2,1-2H3/b19-17+,20-18+. The molecule has 4 heteroatoms. The van der Waals surface area contributed by atoms with Crippen LogP contribution < -0.4 is 0 Å². The highest BCUT2D eigenvalue weighted by atomic mass is 32.2. The Morgan fingerprint density at radius 3 is 1.38 bits per heavy atom. The third kappa shape index (κ3) is 7.06. The lowest BCUT2D eigenvalue weighted by Crippen LogP contribution is -1.77. The molecule has 4 rings (SSSR count). The summed E-state index contributed by atoms with van der Waals surface area (Å²) in [6.45, 7) is 4.57. The van der Waals surface area contributed by atoms with Crippen LogP contribution in [0.15, 0.2) is 24.3 Å². The minimum Gasteiger partial charge on any atom is -0.125 e. The molecule has 0 aromatic carbocycles. The molecule has 0 bridgehead atoms. The number of hydrogen-bond acceptors (Lipinski definition) is 4. The summed E-state index contributed by atoms with van der Waals surface area (Å²) in [6, 6.07) is 4.86. The van der Waals surface area contributed by atoms with Crippen molar-refractivity contribution >= 4 is 85.7 Å². The Labute approximate surface area is 222 Å². The van der Waals surface area contributed by atoms with Gasteiger partial charge in [-0.05, 0) is 50.0 Å². The van der Waals surface area contributed by atoms with Gasteiger partial charge in [-0.3, -0.25) is 0 Å². The van der Waals surface area contributed by atoms with Crippen molar-refractivity contribution < 1.29 is 0 Å². The lowest BCUT2D eigenvalue weighted by molar-refractivity contribution is 0.611. The first-order chi connectivity index (χ1) is 16.8. The molecule has 0 aliphatic carbocycles. The fraction of sp³-hybridized carbons (Fsp3) is 0.533. The van der Waals surface area contributed by atoms with Crippen molar-refractivity contribution in [3.8, 4) is 0 Å². The van der Waals surface area contributed by atoms with Crippen LogP contribution in [0.5, 0.6) is 0 Å². The van der Waals surface area contributed by atoms with Crippen LogP contribution in [0, 0.1) is 0 Å². The molecule has 4 aromatic heterocycles. The Bertz CT molecular complexity index is 1100. The van der Waals surface area contributed by atoms with Gasteiger partial charge in [0.2, 0.25) is 0 Å². The van der Waals surface area contributed by atoms with Gasteiger partial charge in [0.15, 0.2) is 0 Å². The summed E-state index contributed by atoms with van der Waals surface area (Å²) in [6.07, 6.45) is 28.5. The molecule has 0 aliphatic rings. The van der Waals surface area contributed by atoms with E-state index in [-0.39, 0.29) is 0 Å². The Morgan fingerprint density at radius 2 is 0.941 bits per heavy atom. The number of unbranched alkanes of at least 4 members (excludes halogenated alkanes) is 12. The average Bonchev–Trinajstić information content (AvgIpc) is 3.56. The minimum absolute atomic E-state index is 1.22. The molecule has 0 aliphatic heterocycles. The second kappa shape index (κ2) is 14.0. The lowest BCUT2D eigenvalue weighted by Gasteiger charge is -1.97. The van der Waals surface area contributed by atoms with E-state index < -0.39 is 0 Å². The number of hydrogen-bond donors (Lipinski definition) is 0. The lowest BCUT2D eigenvalue weighted by atomic mass is 10.1. The van der Waals surface area contributed by atoms with Gasteiger partial charge in [-0.2, -0.15) is 0 Å². The third-order valence-corrected chi connectivity index (χ3v) is 11.5. The molecule has 184 valence electrons. The van der Waals surface area contributed by atoms with Crippen molar-refractivity contribution in [1.82, 2.24) is 0 Å². The van der Waals surface area contributed by atoms with E-state index in [9.17, 15) is 0 Å². The summed E-state index contributed by atoms with van der Waals surface area (Å²) in [5.41, 5.74) is 0. The van der Waals surface area contributed by atoms with Crippen molar-refractivity contribution in [3.05, 3.63) is 34.0 Å². The van der Waals surface area contributed by atoms with Gasteiger partial charge in [-0.15, -0.1) is 45.3 Å². The zero-order chi connectivity index (χ0) is 23.6. The van der Waals surface area contributed by atoms with Gasteiger partial charge in [0, 0.05) is 20.5 Å². The maximum absolute atomic E-state index is 2.43. The first-order valence-electron chi connectivity index (χ1n) is 13.5. The molecule has 0 N–H and O–H groups in total. The van der Waals surface area contributed by atoms with E-state index in [0.29, 0.717) is 0 Å². The first kappa shape index (κ1) is 26.1. The van der Waals surface area contributed by atoms with Gasteiger partial charge in [-0.1, -0.05) is 90.2 Å². The zero-order valence-electron chi connectivity index (χ0n) is 21.0. The fourth-order valence-electron chi connectivity index (χ4n) is 4.53. The van der Waals surface area contributed by atoms with Crippen LogP contribution in [-0.4, -0.2) is 0 Å². The molecule has 0 unspecified atom stereocenters. The van der Waals surface area contributed by atoms with Crippen LogP contribution in [0.2, 0.25) is 0 Å². The van der Waals surface area contributed by atoms with Gasteiger partial charge in [0.25, 0.3) is 0 Å².